The largest absolute Gasteiger partial charge is 0.490 e. The van der Waals surface area contributed by atoms with Crippen LogP contribution in [-0.4, -0.2) is 58.7 Å². The first-order chi connectivity index (χ1) is 13.7. The molecule has 0 saturated carbocycles. The molecule has 1 aromatic heterocycles. The van der Waals surface area contributed by atoms with Crippen molar-refractivity contribution in [1.29, 1.82) is 0 Å². The smallest absolute Gasteiger partial charge is 0.254 e. The highest BCUT2D eigenvalue weighted by atomic mass is 16.5. The van der Waals surface area contributed by atoms with Crippen molar-refractivity contribution in [3.63, 3.8) is 0 Å². The number of likely N-dealkylation sites (tertiary alicyclic amines) is 1. The lowest BCUT2D eigenvalue weighted by Gasteiger charge is -2.32. The quantitative estimate of drug-likeness (QED) is 0.692. The monoisotopic (exact) mass is 388 g/mol. The lowest BCUT2D eigenvalue weighted by Crippen LogP contribution is -2.39. The van der Waals surface area contributed by atoms with Crippen LogP contribution in [0.25, 0.3) is 0 Å². The highest BCUT2D eigenvalue weighted by Gasteiger charge is 2.27. The van der Waals surface area contributed by atoms with Gasteiger partial charge in [-0.15, -0.1) is 5.10 Å². The van der Waals surface area contributed by atoms with Gasteiger partial charge in [-0.05, 0) is 45.7 Å². The number of ether oxygens (including phenoxy) is 3. The van der Waals surface area contributed by atoms with Crippen molar-refractivity contribution < 1.29 is 19.0 Å². The molecule has 0 spiro atoms. The second-order valence-electron chi connectivity index (χ2n) is 6.51. The minimum absolute atomic E-state index is 0.0259. The lowest BCUT2D eigenvalue weighted by molar-refractivity contribution is 0.0688. The van der Waals surface area contributed by atoms with Gasteiger partial charge >= 0.3 is 0 Å². The van der Waals surface area contributed by atoms with E-state index in [2.05, 4.69) is 10.3 Å². The van der Waals surface area contributed by atoms with Gasteiger partial charge in [0.25, 0.3) is 5.91 Å². The van der Waals surface area contributed by atoms with Gasteiger partial charge in [0, 0.05) is 24.8 Å². The van der Waals surface area contributed by atoms with Crippen LogP contribution in [0.1, 0.15) is 50.0 Å². The Balaban J connectivity index is 1.79. The molecule has 0 unspecified atom stereocenters. The van der Waals surface area contributed by atoms with Gasteiger partial charge in [0.1, 0.15) is 0 Å². The molecule has 1 amide bonds. The molecule has 1 aliphatic heterocycles. The summed E-state index contributed by atoms with van der Waals surface area (Å²) in [6.07, 6.45) is 5.25. The van der Waals surface area contributed by atoms with Crippen molar-refractivity contribution in [1.82, 2.24) is 19.9 Å². The fourth-order valence-corrected chi connectivity index (χ4v) is 3.44. The fraction of sp³-hybridized carbons (Fsp3) is 0.550. The average Bonchev–Trinajstić information content (AvgIpc) is 3.25. The zero-order valence-corrected chi connectivity index (χ0v) is 16.8. The highest BCUT2D eigenvalue weighted by Crippen LogP contribution is 2.39. The first-order valence-corrected chi connectivity index (χ1v) is 9.89. The molecule has 28 heavy (non-hydrogen) atoms. The highest BCUT2D eigenvalue weighted by molar-refractivity contribution is 5.95. The summed E-state index contributed by atoms with van der Waals surface area (Å²) in [7, 11) is 0. The third kappa shape index (κ3) is 4.37. The normalized spacial score (nSPS) is 14.8. The topological polar surface area (TPSA) is 78.7 Å². The molecule has 1 aromatic carbocycles. The maximum Gasteiger partial charge on any atom is 0.254 e. The van der Waals surface area contributed by atoms with Crippen molar-refractivity contribution in [2.45, 2.75) is 39.7 Å². The Labute approximate surface area is 165 Å². The van der Waals surface area contributed by atoms with E-state index in [1.54, 1.807) is 18.3 Å². The Morgan fingerprint density at radius 1 is 1.04 bits per heavy atom. The predicted molar refractivity (Wildman–Crippen MR) is 104 cm³/mol. The van der Waals surface area contributed by atoms with Gasteiger partial charge in [-0.25, -0.2) is 4.68 Å². The first kappa shape index (κ1) is 20.0. The van der Waals surface area contributed by atoms with Crippen molar-refractivity contribution in [2.75, 3.05) is 32.9 Å². The van der Waals surface area contributed by atoms with Gasteiger partial charge < -0.3 is 19.1 Å². The van der Waals surface area contributed by atoms with E-state index in [9.17, 15) is 4.79 Å². The van der Waals surface area contributed by atoms with E-state index in [4.69, 9.17) is 14.2 Å². The standard InChI is InChI=1S/C20H28N4O4/c1-4-26-17-13-15(14-18(27-5-2)19(17)28-6-3)20(25)23-10-7-16(8-11-23)24-12-9-21-22-24/h9,12-14,16H,4-8,10-11H2,1-3H3. The summed E-state index contributed by atoms with van der Waals surface area (Å²) in [4.78, 5) is 15.0. The number of hydrogen-bond acceptors (Lipinski definition) is 6. The first-order valence-electron chi connectivity index (χ1n) is 9.89. The number of benzene rings is 1. The Morgan fingerprint density at radius 3 is 2.14 bits per heavy atom. The summed E-state index contributed by atoms with van der Waals surface area (Å²) in [5.74, 6) is 1.60. The number of nitrogens with zero attached hydrogens (tertiary/aromatic N) is 4. The maximum absolute atomic E-state index is 13.1. The molecule has 8 heteroatoms. The minimum atomic E-state index is -0.0259. The van der Waals surface area contributed by atoms with Gasteiger partial charge in [-0.1, -0.05) is 5.21 Å². The van der Waals surface area contributed by atoms with E-state index in [1.165, 1.54) is 0 Å². The van der Waals surface area contributed by atoms with E-state index >= 15 is 0 Å². The molecule has 0 bridgehead atoms. The summed E-state index contributed by atoms with van der Waals surface area (Å²) >= 11 is 0. The lowest BCUT2D eigenvalue weighted by atomic mass is 10.0. The molecular formula is C20H28N4O4. The van der Waals surface area contributed by atoms with Crippen molar-refractivity contribution >= 4 is 5.91 Å². The van der Waals surface area contributed by atoms with Crippen LogP contribution in [0.3, 0.4) is 0 Å². The van der Waals surface area contributed by atoms with Crippen LogP contribution >= 0.6 is 0 Å². The summed E-state index contributed by atoms with van der Waals surface area (Å²) in [5, 5.41) is 7.95. The molecule has 1 saturated heterocycles. The number of hydrogen-bond donors (Lipinski definition) is 0. The third-order valence-electron chi connectivity index (χ3n) is 4.72. The van der Waals surface area contributed by atoms with Crippen LogP contribution in [0.4, 0.5) is 0 Å². The number of rotatable bonds is 8. The molecule has 3 rings (SSSR count). The van der Waals surface area contributed by atoms with Crippen LogP contribution < -0.4 is 14.2 Å². The molecule has 8 nitrogen and oxygen atoms in total. The SMILES string of the molecule is CCOc1cc(C(=O)N2CCC(n3ccnn3)CC2)cc(OCC)c1OCC. The summed E-state index contributed by atoms with van der Waals surface area (Å²) in [6, 6.07) is 3.79. The third-order valence-corrected chi connectivity index (χ3v) is 4.72. The molecule has 152 valence electrons. The Bertz CT molecular complexity index is 744. The summed E-state index contributed by atoms with van der Waals surface area (Å²) < 4.78 is 19.0. The zero-order valence-electron chi connectivity index (χ0n) is 16.8. The van der Waals surface area contributed by atoms with Crippen molar-refractivity contribution in [2.24, 2.45) is 0 Å². The molecule has 1 fully saturated rings. The molecule has 0 atom stereocenters. The van der Waals surface area contributed by atoms with Crippen molar-refractivity contribution in [3.8, 4) is 17.2 Å². The van der Waals surface area contributed by atoms with Crippen LogP contribution in [0.5, 0.6) is 17.2 Å². The Kier molecular flexibility index (Phi) is 6.73. The summed E-state index contributed by atoms with van der Waals surface area (Å²) in [6.45, 7) is 8.50. The van der Waals surface area contributed by atoms with Crippen LogP contribution in [0, 0.1) is 0 Å². The van der Waals surface area contributed by atoms with Crippen LogP contribution in [-0.2, 0) is 0 Å². The Morgan fingerprint density at radius 2 is 1.64 bits per heavy atom. The second kappa shape index (κ2) is 9.43. The number of piperidine rings is 1. The van der Waals surface area contributed by atoms with Crippen LogP contribution in [0.2, 0.25) is 0 Å². The van der Waals surface area contributed by atoms with E-state index < -0.39 is 0 Å². The van der Waals surface area contributed by atoms with E-state index in [1.807, 2.05) is 36.5 Å². The number of aromatic nitrogens is 3. The molecular weight excluding hydrogens is 360 g/mol. The fourth-order valence-electron chi connectivity index (χ4n) is 3.44. The molecule has 0 radical (unpaired) electrons. The summed E-state index contributed by atoms with van der Waals surface area (Å²) in [5.41, 5.74) is 0.551. The van der Waals surface area contributed by atoms with Crippen molar-refractivity contribution in [3.05, 3.63) is 30.1 Å². The molecule has 2 heterocycles. The number of carbonyl (C=O) groups excluding carboxylic acids is 1. The molecule has 0 aliphatic carbocycles. The average molecular weight is 388 g/mol. The number of amides is 1. The van der Waals surface area contributed by atoms with Gasteiger partial charge in [0.05, 0.1) is 32.1 Å². The molecule has 0 N–H and O–H groups in total. The number of carbonyl (C=O) groups is 1. The van der Waals surface area contributed by atoms with Gasteiger partial charge in [0.2, 0.25) is 5.75 Å². The van der Waals surface area contributed by atoms with E-state index in [-0.39, 0.29) is 11.9 Å². The molecule has 2 aromatic rings. The zero-order chi connectivity index (χ0) is 19.9. The van der Waals surface area contributed by atoms with Crippen LogP contribution in [0.15, 0.2) is 24.5 Å². The maximum atomic E-state index is 13.1. The van der Waals surface area contributed by atoms with Gasteiger partial charge in [0.15, 0.2) is 11.5 Å². The van der Waals surface area contributed by atoms with Gasteiger partial charge in [-0.2, -0.15) is 0 Å². The molecule has 1 aliphatic rings. The predicted octanol–water partition coefficient (Wildman–Crippen LogP) is 2.95. The Hall–Kier alpha value is -2.77. The van der Waals surface area contributed by atoms with E-state index in [0.29, 0.717) is 55.7 Å². The second-order valence-corrected chi connectivity index (χ2v) is 6.51. The minimum Gasteiger partial charge on any atom is -0.490 e. The van der Waals surface area contributed by atoms with E-state index in [0.717, 1.165) is 12.8 Å². The van der Waals surface area contributed by atoms with Gasteiger partial charge in [-0.3, -0.25) is 4.79 Å².